The summed E-state index contributed by atoms with van der Waals surface area (Å²) < 4.78 is 15.6. The Morgan fingerprint density at radius 2 is 2.14 bits per heavy atom. The van der Waals surface area contributed by atoms with E-state index in [4.69, 9.17) is 14.0 Å². The second kappa shape index (κ2) is 7.19. The van der Waals surface area contributed by atoms with E-state index in [1.807, 2.05) is 12.1 Å². The maximum absolute atomic E-state index is 5.33. The van der Waals surface area contributed by atoms with Crippen molar-refractivity contribution in [2.24, 2.45) is 0 Å². The van der Waals surface area contributed by atoms with Crippen LogP contribution in [0.3, 0.4) is 0 Å². The molecule has 0 aliphatic rings. The van der Waals surface area contributed by atoms with Crippen LogP contribution in [0, 0.1) is 6.92 Å². The molecule has 1 N–H and O–H groups in total. The third-order valence-electron chi connectivity index (χ3n) is 3.23. The Morgan fingerprint density at radius 1 is 1.33 bits per heavy atom. The molecule has 1 atom stereocenters. The Hall–Kier alpha value is -1.92. The van der Waals surface area contributed by atoms with Crippen LogP contribution in [0.15, 0.2) is 22.7 Å². The Labute approximate surface area is 124 Å². The average molecular weight is 291 g/mol. The predicted molar refractivity (Wildman–Crippen MR) is 78.0 cm³/mol. The van der Waals surface area contributed by atoms with Gasteiger partial charge in [0.1, 0.15) is 5.75 Å². The molecule has 0 saturated heterocycles. The molecule has 6 nitrogen and oxygen atoms in total. The minimum atomic E-state index is 0.152. The number of benzene rings is 1. The van der Waals surface area contributed by atoms with Gasteiger partial charge in [-0.1, -0.05) is 11.2 Å². The van der Waals surface area contributed by atoms with Crippen molar-refractivity contribution >= 4 is 0 Å². The molecular formula is C15H21N3O3. The molecule has 0 fully saturated rings. The molecule has 1 aromatic heterocycles. The van der Waals surface area contributed by atoms with Crippen molar-refractivity contribution < 1.29 is 14.0 Å². The fourth-order valence-corrected chi connectivity index (χ4v) is 2.11. The monoisotopic (exact) mass is 291 g/mol. The summed E-state index contributed by atoms with van der Waals surface area (Å²) in [5.74, 6) is 2.07. The van der Waals surface area contributed by atoms with Gasteiger partial charge in [-0.15, -0.1) is 0 Å². The molecule has 114 valence electrons. The summed E-state index contributed by atoms with van der Waals surface area (Å²) in [5.41, 5.74) is 2.18. The minimum absolute atomic E-state index is 0.152. The number of hydrogen-bond donors (Lipinski definition) is 1. The quantitative estimate of drug-likeness (QED) is 0.844. The van der Waals surface area contributed by atoms with Gasteiger partial charge in [0.2, 0.25) is 5.89 Å². The average Bonchev–Trinajstić information content (AvgIpc) is 2.90. The van der Waals surface area contributed by atoms with Gasteiger partial charge in [0, 0.05) is 18.7 Å². The van der Waals surface area contributed by atoms with Crippen LogP contribution in [0.1, 0.15) is 35.8 Å². The molecule has 1 heterocycles. The van der Waals surface area contributed by atoms with Crippen molar-refractivity contribution in [1.29, 1.82) is 0 Å². The molecule has 0 aliphatic heterocycles. The second-order valence-electron chi connectivity index (χ2n) is 4.84. The van der Waals surface area contributed by atoms with Crippen LogP contribution in [0.2, 0.25) is 0 Å². The highest BCUT2D eigenvalue weighted by Gasteiger charge is 2.11. The molecule has 1 unspecified atom stereocenters. The van der Waals surface area contributed by atoms with Crippen LogP contribution in [-0.4, -0.2) is 24.4 Å². The first kappa shape index (κ1) is 15.5. The van der Waals surface area contributed by atoms with E-state index in [1.165, 1.54) is 0 Å². The molecule has 0 amide bonds. The van der Waals surface area contributed by atoms with Crippen LogP contribution in [0.4, 0.5) is 0 Å². The number of rotatable bonds is 7. The van der Waals surface area contributed by atoms with E-state index in [2.05, 4.69) is 28.4 Å². The minimum Gasteiger partial charge on any atom is -0.496 e. The second-order valence-corrected chi connectivity index (χ2v) is 4.84. The fourth-order valence-electron chi connectivity index (χ4n) is 2.11. The summed E-state index contributed by atoms with van der Waals surface area (Å²) in [6.45, 7) is 4.94. The topological polar surface area (TPSA) is 69.4 Å². The van der Waals surface area contributed by atoms with Crippen LogP contribution in [-0.2, 0) is 17.9 Å². The standard InChI is InChI=1S/C15H21N3O3/c1-10(16-8-15-17-11(2)18-21-15)12-5-6-14(20-4)13(7-12)9-19-3/h5-7,10,16H,8-9H2,1-4H3. The van der Waals surface area contributed by atoms with Gasteiger partial charge in [-0.05, 0) is 31.5 Å². The summed E-state index contributed by atoms with van der Waals surface area (Å²) in [6, 6.07) is 6.23. The van der Waals surface area contributed by atoms with Crippen molar-refractivity contribution in [3.63, 3.8) is 0 Å². The summed E-state index contributed by atoms with van der Waals surface area (Å²) in [6.07, 6.45) is 0. The zero-order chi connectivity index (χ0) is 15.2. The van der Waals surface area contributed by atoms with Crippen molar-refractivity contribution in [1.82, 2.24) is 15.5 Å². The first-order valence-corrected chi connectivity index (χ1v) is 6.82. The smallest absolute Gasteiger partial charge is 0.240 e. The zero-order valence-electron chi connectivity index (χ0n) is 12.8. The van der Waals surface area contributed by atoms with Gasteiger partial charge in [-0.3, -0.25) is 0 Å². The van der Waals surface area contributed by atoms with Crippen molar-refractivity contribution in [2.75, 3.05) is 14.2 Å². The van der Waals surface area contributed by atoms with Crippen LogP contribution >= 0.6 is 0 Å². The lowest BCUT2D eigenvalue weighted by Crippen LogP contribution is -2.18. The van der Waals surface area contributed by atoms with Gasteiger partial charge in [0.15, 0.2) is 5.82 Å². The van der Waals surface area contributed by atoms with E-state index < -0.39 is 0 Å². The first-order valence-electron chi connectivity index (χ1n) is 6.82. The number of aryl methyl sites for hydroxylation is 1. The lowest BCUT2D eigenvalue weighted by Gasteiger charge is -2.16. The van der Waals surface area contributed by atoms with E-state index in [0.717, 1.165) is 16.9 Å². The molecule has 0 saturated carbocycles. The third-order valence-corrected chi connectivity index (χ3v) is 3.23. The molecule has 0 bridgehead atoms. The Kier molecular flexibility index (Phi) is 5.30. The molecule has 2 rings (SSSR count). The largest absolute Gasteiger partial charge is 0.496 e. The van der Waals surface area contributed by atoms with Crippen molar-refractivity contribution in [3.05, 3.63) is 41.0 Å². The summed E-state index contributed by atoms with van der Waals surface area (Å²) in [5, 5.41) is 7.13. The molecule has 1 aromatic carbocycles. The number of methoxy groups -OCH3 is 2. The molecule has 21 heavy (non-hydrogen) atoms. The summed E-state index contributed by atoms with van der Waals surface area (Å²) in [7, 11) is 3.33. The van der Waals surface area contributed by atoms with E-state index in [-0.39, 0.29) is 6.04 Å². The summed E-state index contributed by atoms with van der Waals surface area (Å²) in [4.78, 5) is 4.17. The Morgan fingerprint density at radius 3 is 2.76 bits per heavy atom. The van der Waals surface area contributed by atoms with E-state index in [0.29, 0.717) is 24.9 Å². The van der Waals surface area contributed by atoms with Gasteiger partial charge >= 0.3 is 0 Å². The van der Waals surface area contributed by atoms with Crippen LogP contribution < -0.4 is 10.1 Å². The number of nitrogens with one attached hydrogen (secondary N) is 1. The van der Waals surface area contributed by atoms with Gasteiger partial charge in [-0.25, -0.2) is 0 Å². The fraction of sp³-hybridized carbons (Fsp3) is 0.467. The first-order chi connectivity index (χ1) is 10.1. The SMILES string of the molecule is COCc1cc(C(C)NCc2nc(C)no2)ccc1OC. The number of nitrogens with zero attached hydrogens (tertiary/aromatic N) is 2. The molecule has 0 aliphatic carbocycles. The predicted octanol–water partition coefficient (Wildman–Crippen LogP) is 2.38. The van der Waals surface area contributed by atoms with Crippen molar-refractivity contribution in [2.45, 2.75) is 33.0 Å². The van der Waals surface area contributed by atoms with Gasteiger partial charge in [-0.2, -0.15) is 4.98 Å². The van der Waals surface area contributed by atoms with Gasteiger partial charge < -0.3 is 19.3 Å². The number of ether oxygens (including phenoxy) is 2. The number of hydrogen-bond acceptors (Lipinski definition) is 6. The molecule has 0 radical (unpaired) electrons. The van der Waals surface area contributed by atoms with E-state index in [1.54, 1.807) is 21.1 Å². The zero-order valence-corrected chi connectivity index (χ0v) is 12.8. The third kappa shape index (κ3) is 4.03. The van der Waals surface area contributed by atoms with Crippen molar-refractivity contribution in [3.8, 4) is 5.75 Å². The lowest BCUT2D eigenvalue weighted by molar-refractivity contribution is 0.181. The maximum atomic E-state index is 5.33. The molecule has 6 heteroatoms. The highest BCUT2D eigenvalue weighted by atomic mass is 16.5. The van der Waals surface area contributed by atoms with Gasteiger partial charge in [0.25, 0.3) is 0 Å². The van der Waals surface area contributed by atoms with Crippen LogP contribution in [0.5, 0.6) is 5.75 Å². The van der Waals surface area contributed by atoms with Crippen LogP contribution in [0.25, 0.3) is 0 Å². The molecule has 0 spiro atoms. The maximum Gasteiger partial charge on any atom is 0.240 e. The normalized spacial score (nSPS) is 12.4. The lowest BCUT2D eigenvalue weighted by atomic mass is 10.0. The highest BCUT2D eigenvalue weighted by Crippen LogP contribution is 2.24. The number of aromatic nitrogens is 2. The Bertz CT molecular complexity index is 583. The highest BCUT2D eigenvalue weighted by molar-refractivity contribution is 5.38. The summed E-state index contributed by atoms with van der Waals surface area (Å²) >= 11 is 0. The van der Waals surface area contributed by atoms with Gasteiger partial charge in [0.05, 0.1) is 20.3 Å². The Balaban J connectivity index is 2.04. The molecule has 2 aromatic rings. The van der Waals surface area contributed by atoms with E-state index in [9.17, 15) is 0 Å². The van der Waals surface area contributed by atoms with E-state index >= 15 is 0 Å². The molecular weight excluding hydrogens is 270 g/mol.